The highest BCUT2D eigenvalue weighted by molar-refractivity contribution is 7.89. The van der Waals surface area contributed by atoms with Crippen LogP contribution in [-0.2, 0) is 16.6 Å². The average Bonchev–Trinajstić information content (AvgIpc) is 3.06. The van der Waals surface area contributed by atoms with Crippen molar-refractivity contribution in [3.05, 3.63) is 48.3 Å². The quantitative estimate of drug-likeness (QED) is 0.815. The van der Waals surface area contributed by atoms with Crippen molar-refractivity contribution in [1.29, 1.82) is 0 Å². The first-order valence-electron chi connectivity index (χ1n) is 7.87. The number of aromatic nitrogens is 3. The normalized spacial score (nSPS) is 19.0. The van der Waals surface area contributed by atoms with Crippen molar-refractivity contribution >= 4 is 10.0 Å². The van der Waals surface area contributed by atoms with Crippen LogP contribution in [0.2, 0.25) is 0 Å². The number of hydrogen-bond acceptors (Lipinski definition) is 6. The standard InChI is InChI=1S/C16H21N5O2S/c1-20(2)12-13-7-9-18-16(19-13)15-6-4-10-21(15)24(22,23)14-5-3-8-17-11-14/h3,5,7-9,11,15H,4,6,10,12H2,1-2H3/t15-/m1/s1. The summed E-state index contributed by atoms with van der Waals surface area (Å²) in [5.41, 5.74) is 0.885. The summed E-state index contributed by atoms with van der Waals surface area (Å²) in [5.74, 6) is 0.569. The molecule has 1 atom stereocenters. The Hall–Kier alpha value is -1.90. The van der Waals surface area contributed by atoms with Gasteiger partial charge >= 0.3 is 0 Å². The molecule has 0 unspecified atom stereocenters. The second-order valence-electron chi connectivity index (χ2n) is 6.11. The van der Waals surface area contributed by atoms with Crippen LogP contribution in [0.4, 0.5) is 0 Å². The van der Waals surface area contributed by atoms with E-state index in [9.17, 15) is 8.42 Å². The molecule has 0 N–H and O–H groups in total. The minimum Gasteiger partial charge on any atom is -0.304 e. The highest BCUT2D eigenvalue weighted by Crippen LogP contribution is 2.34. The van der Waals surface area contributed by atoms with E-state index in [1.165, 1.54) is 10.5 Å². The molecule has 1 saturated heterocycles. The van der Waals surface area contributed by atoms with Gasteiger partial charge in [-0.2, -0.15) is 4.31 Å². The van der Waals surface area contributed by atoms with Gasteiger partial charge in [-0.1, -0.05) is 0 Å². The molecule has 0 amide bonds. The lowest BCUT2D eigenvalue weighted by molar-refractivity contribution is 0.373. The van der Waals surface area contributed by atoms with E-state index in [4.69, 9.17) is 0 Å². The summed E-state index contributed by atoms with van der Waals surface area (Å²) in [6.07, 6.45) is 6.17. The Morgan fingerprint density at radius 1 is 1.29 bits per heavy atom. The molecule has 1 fully saturated rings. The van der Waals surface area contributed by atoms with Crippen molar-refractivity contribution < 1.29 is 8.42 Å². The second-order valence-corrected chi connectivity index (χ2v) is 8.00. The lowest BCUT2D eigenvalue weighted by Crippen LogP contribution is -2.31. The minimum atomic E-state index is -3.59. The first-order valence-corrected chi connectivity index (χ1v) is 9.31. The third-order valence-corrected chi connectivity index (χ3v) is 5.84. The van der Waals surface area contributed by atoms with Gasteiger partial charge in [-0.05, 0) is 45.1 Å². The monoisotopic (exact) mass is 347 g/mol. The number of sulfonamides is 1. The van der Waals surface area contributed by atoms with E-state index in [1.807, 2.05) is 25.1 Å². The fraction of sp³-hybridized carbons (Fsp3) is 0.438. The maximum absolute atomic E-state index is 12.9. The average molecular weight is 347 g/mol. The van der Waals surface area contributed by atoms with Crippen LogP contribution in [0.15, 0.2) is 41.7 Å². The third-order valence-electron chi connectivity index (χ3n) is 3.95. The fourth-order valence-electron chi connectivity index (χ4n) is 2.91. The summed E-state index contributed by atoms with van der Waals surface area (Å²) in [4.78, 5) is 15.1. The maximum Gasteiger partial charge on any atom is 0.245 e. The Morgan fingerprint density at radius 3 is 2.83 bits per heavy atom. The molecule has 0 aliphatic carbocycles. The largest absolute Gasteiger partial charge is 0.304 e. The lowest BCUT2D eigenvalue weighted by atomic mass is 10.2. The summed E-state index contributed by atoms with van der Waals surface area (Å²) in [5, 5.41) is 0. The smallest absolute Gasteiger partial charge is 0.245 e. The van der Waals surface area contributed by atoms with Crippen LogP contribution in [0.1, 0.15) is 30.4 Å². The highest BCUT2D eigenvalue weighted by atomic mass is 32.2. The van der Waals surface area contributed by atoms with Gasteiger partial charge in [0.05, 0.1) is 11.7 Å². The van der Waals surface area contributed by atoms with Crippen molar-refractivity contribution in [2.75, 3.05) is 20.6 Å². The van der Waals surface area contributed by atoms with Gasteiger partial charge in [0.2, 0.25) is 10.0 Å². The summed E-state index contributed by atoms with van der Waals surface area (Å²) >= 11 is 0. The van der Waals surface area contributed by atoms with Gasteiger partial charge in [-0.3, -0.25) is 4.98 Å². The zero-order chi connectivity index (χ0) is 17.2. The van der Waals surface area contributed by atoms with E-state index in [-0.39, 0.29) is 10.9 Å². The van der Waals surface area contributed by atoms with E-state index in [1.54, 1.807) is 24.5 Å². The van der Waals surface area contributed by atoms with Crippen LogP contribution in [0, 0.1) is 0 Å². The first kappa shape index (κ1) is 16.9. The summed E-state index contributed by atoms with van der Waals surface area (Å²) in [6.45, 7) is 1.17. The molecule has 3 heterocycles. The molecular formula is C16H21N5O2S. The molecule has 24 heavy (non-hydrogen) atoms. The third kappa shape index (κ3) is 3.45. The molecule has 0 spiro atoms. The van der Waals surface area contributed by atoms with Gasteiger partial charge in [-0.25, -0.2) is 18.4 Å². The zero-order valence-corrected chi connectivity index (χ0v) is 14.6. The zero-order valence-electron chi connectivity index (χ0n) is 13.8. The number of hydrogen-bond donors (Lipinski definition) is 0. The van der Waals surface area contributed by atoms with E-state index in [0.29, 0.717) is 18.9 Å². The molecule has 1 aliphatic rings. The predicted octanol–water partition coefficient (Wildman–Crippen LogP) is 1.46. The maximum atomic E-state index is 12.9. The van der Waals surface area contributed by atoms with Crippen LogP contribution < -0.4 is 0 Å². The Kier molecular flexibility index (Phi) is 4.88. The van der Waals surface area contributed by atoms with Crippen molar-refractivity contribution in [2.45, 2.75) is 30.3 Å². The SMILES string of the molecule is CN(C)Cc1ccnc([C@H]2CCCN2S(=O)(=O)c2cccnc2)n1. The van der Waals surface area contributed by atoms with Crippen LogP contribution >= 0.6 is 0 Å². The molecule has 2 aromatic rings. The predicted molar refractivity (Wildman–Crippen MR) is 89.5 cm³/mol. The molecule has 3 rings (SSSR count). The molecule has 0 radical (unpaired) electrons. The Morgan fingerprint density at radius 2 is 2.12 bits per heavy atom. The molecule has 0 bridgehead atoms. The van der Waals surface area contributed by atoms with Crippen LogP contribution in [-0.4, -0.2) is 53.2 Å². The van der Waals surface area contributed by atoms with Crippen LogP contribution in [0.5, 0.6) is 0 Å². The Bertz CT molecular complexity index is 795. The summed E-state index contributed by atoms with van der Waals surface area (Å²) < 4.78 is 27.3. The van der Waals surface area contributed by atoms with Crippen molar-refractivity contribution in [3.8, 4) is 0 Å². The molecular weight excluding hydrogens is 326 g/mol. The summed E-state index contributed by atoms with van der Waals surface area (Å²) in [6, 6.07) is 4.74. The molecule has 1 aliphatic heterocycles. The van der Waals surface area contributed by atoms with E-state index < -0.39 is 10.0 Å². The minimum absolute atomic E-state index is 0.210. The van der Waals surface area contributed by atoms with Gasteiger partial charge in [0.25, 0.3) is 0 Å². The summed E-state index contributed by atoms with van der Waals surface area (Å²) in [7, 11) is 0.346. The first-order chi connectivity index (χ1) is 11.5. The van der Waals surface area contributed by atoms with Gasteiger partial charge in [-0.15, -0.1) is 0 Å². The molecule has 128 valence electrons. The molecule has 0 saturated carbocycles. The second kappa shape index (κ2) is 6.92. The number of nitrogens with zero attached hydrogens (tertiary/aromatic N) is 5. The topological polar surface area (TPSA) is 79.3 Å². The lowest BCUT2D eigenvalue weighted by Gasteiger charge is -2.23. The molecule has 7 nitrogen and oxygen atoms in total. The Balaban J connectivity index is 1.91. The van der Waals surface area contributed by atoms with Gasteiger partial charge < -0.3 is 4.90 Å². The fourth-order valence-corrected chi connectivity index (χ4v) is 4.53. The molecule has 2 aromatic heterocycles. The van der Waals surface area contributed by atoms with Crippen LogP contribution in [0.3, 0.4) is 0 Å². The van der Waals surface area contributed by atoms with Crippen molar-refractivity contribution in [2.24, 2.45) is 0 Å². The number of rotatable bonds is 5. The number of pyridine rings is 1. The Labute approximate surface area is 142 Å². The van der Waals surface area contributed by atoms with E-state index in [0.717, 1.165) is 18.5 Å². The van der Waals surface area contributed by atoms with Gasteiger partial charge in [0, 0.05) is 31.7 Å². The van der Waals surface area contributed by atoms with Crippen molar-refractivity contribution in [3.63, 3.8) is 0 Å². The van der Waals surface area contributed by atoms with E-state index in [2.05, 4.69) is 15.0 Å². The van der Waals surface area contributed by atoms with Gasteiger partial charge in [0.15, 0.2) is 0 Å². The van der Waals surface area contributed by atoms with E-state index >= 15 is 0 Å². The van der Waals surface area contributed by atoms with Gasteiger partial charge in [0.1, 0.15) is 10.7 Å². The van der Waals surface area contributed by atoms with Crippen LogP contribution in [0.25, 0.3) is 0 Å². The highest BCUT2D eigenvalue weighted by Gasteiger charge is 2.37. The van der Waals surface area contributed by atoms with Crippen molar-refractivity contribution in [1.82, 2.24) is 24.2 Å². The molecule has 8 heteroatoms. The molecule has 0 aromatic carbocycles.